The van der Waals surface area contributed by atoms with E-state index >= 15 is 0 Å². The third-order valence-electron chi connectivity index (χ3n) is 8.17. The van der Waals surface area contributed by atoms with E-state index in [-0.39, 0.29) is 29.5 Å². The lowest BCUT2D eigenvalue weighted by Gasteiger charge is -2.38. The Morgan fingerprint density at radius 2 is 1.65 bits per heavy atom. The highest BCUT2D eigenvalue weighted by Crippen LogP contribution is 2.41. The second kappa shape index (κ2) is 12.2. The van der Waals surface area contributed by atoms with Crippen LogP contribution in [0.2, 0.25) is 16.6 Å². The summed E-state index contributed by atoms with van der Waals surface area (Å²) in [6.45, 7) is 17.6. The SMILES string of the molecule is CSc1ncc2c(C#C[Si](C(C)C)(C(C)C)C(C)C)cc(=O)n(C3CCC(NC(=O)C(C)C)CC3)c2n1. The van der Waals surface area contributed by atoms with Gasteiger partial charge in [-0.1, -0.05) is 73.1 Å². The van der Waals surface area contributed by atoms with E-state index in [2.05, 4.69) is 63.3 Å². The smallest absolute Gasteiger partial charge is 0.253 e. The molecule has 37 heavy (non-hydrogen) atoms. The predicted molar refractivity (Wildman–Crippen MR) is 158 cm³/mol. The van der Waals surface area contributed by atoms with Crippen LogP contribution in [0.5, 0.6) is 0 Å². The first-order valence-corrected chi connectivity index (χ1v) is 17.2. The van der Waals surface area contributed by atoms with Gasteiger partial charge >= 0.3 is 0 Å². The number of amides is 1. The van der Waals surface area contributed by atoms with Crippen LogP contribution < -0.4 is 10.9 Å². The molecular weight excluding hydrogens is 496 g/mol. The molecule has 2 aromatic rings. The van der Waals surface area contributed by atoms with E-state index in [0.717, 1.165) is 36.6 Å². The highest BCUT2D eigenvalue weighted by Gasteiger charge is 2.41. The number of carbonyl (C=O) groups is 1. The van der Waals surface area contributed by atoms with Crippen LogP contribution in [0.1, 0.15) is 92.7 Å². The first kappa shape index (κ1) is 29.4. The summed E-state index contributed by atoms with van der Waals surface area (Å²) in [7, 11) is -1.96. The zero-order chi connectivity index (χ0) is 27.5. The van der Waals surface area contributed by atoms with Crippen LogP contribution in [0.25, 0.3) is 11.0 Å². The Hall–Kier alpha value is -2.11. The minimum Gasteiger partial charge on any atom is -0.353 e. The number of thioether (sulfide) groups is 1. The number of aromatic nitrogens is 3. The molecule has 1 amide bonds. The molecule has 1 saturated carbocycles. The Labute approximate surface area is 227 Å². The molecule has 1 fully saturated rings. The zero-order valence-electron chi connectivity index (χ0n) is 24.0. The van der Waals surface area contributed by atoms with E-state index in [9.17, 15) is 9.59 Å². The van der Waals surface area contributed by atoms with Crippen molar-refractivity contribution in [2.45, 2.75) is 115 Å². The highest BCUT2D eigenvalue weighted by atomic mass is 32.2. The molecule has 2 heterocycles. The number of hydrogen-bond acceptors (Lipinski definition) is 5. The van der Waals surface area contributed by atoms with Crippen molar-refractivity contribution in [2.75, 3.05) is 6.26 Å². The number of rotatable bonds is 7. The van der Waals surface area contributed by atoms with Crippen molar-refractivity contribution < 1.29 is 4.79 Å². The normalized spacial score (nSPS) is 18.5. The van der Waals surface area contributed by atoms with Crippen LogP contribution in [0.15, 0.2) is 22.2 Å². The van der Waals surface area contributed by atoms with Gasteiger partial charge in [-0.25, -0.2) is 9.97 Å². The minimum atomic E-state index is -1.96. The Morgan fingerprint density at radius 1 is 1.05 bits per heavy atom. The minimum absolute atomic E-state index is 0.0245. The van der Waals surface area contributed by atoms with Crippen molar-refractivity contribution in [3.63, 3.8) is 0 Å². The van der Waals surface area contributed by atoms with Crippen LogP contribution in [-0.4, -0.2) is 40.8 Å². The van der Waals surface area contributed by atoms with Crippen LogP contribution in [-0.2, 0) is 4.79 Å². The summed E-state index contributed by atoms with van der Waals surface area (Å²) in [6, 6.07) is 1.91. The Bertz CT molecular complexity index is 1210. The molecule has 8 heteroatoms. The van der Waals surface area contributed by atoms with Gasteiger partial charge in [-0.05, 0) is 48.6 Å². The second-order valence-electron chi connectivity index (χ2n) is 11.7. The predicted octanol–water partition coefficient (Wildman–Crippen LogP) is 6.34. The van der Waals surface area contributed by atoms with E-state index in [1.54, 1.807) is 6.07 Å². The maximum absolute atomic E-state index is 13.6. The number of carbonyl (C=O) groups excluding carboxylic acids is 1. The lowest BCUT2D eigenvalue weighted by Crippen LogP contribution is -2.43. The van der Waals surface area contributed by atoms with E-state index in [4.69, 9.17) is 4.98 Å². The maximum Gasteiger partial charge on any atom is 0.253 e. The summed E-state index contributed by atoms with van der Waals surface area (Å²) >= 11 is 1.48. The van der Waals surface area contributed by atoms with Gasteiger partial charge in [0, 0.05) is 35.8 Å². The van der Waals surface area contributed by atoms with Gasteiger partial charge < -0.3 is 5.32 Å². The quantitative estimate of drug-likeness (QED) is 0.192. The van der Waals surface area contributed by atoms with E-state index < -0.39 is 8.07 Å². The average Bonchev–Trinajstić information content (AvgIpc) is 2.84. The molecule has 0 aromatic carbocycles. The second-order valence-corrected chi connectivity index (χ2v) is 18.0. The summed E-state index contributed by atoms with van der Waals surface area (Å²) in [6.07, 6.45) is 7.14. The molecule has 0 spiro atoms. The molecule has 2 aromatic heterocycles. The third-order valence-corrected chi connectivity index (χ3v) is 15.0. The summed E-state index contributed by atoms with van der Waals surface area (Å²) < 4.78 is 1.86. The highest BCUT2D eigenvalue weighted by molar-refractivity contribution is 7.98. The molecular formula is C29H44N4O2SSi. The fourth-order valence-corrected chi connectivity index (χ4v) is 11.7. The Balaban J connectivity index is 2.06. The first-order valence-electron chi connectivity index (χ1n) is 13.7. The molecule has 0 bridgehead atoms. The van der Waals surface area contributed by atoms with Gasteiger partial charge in [-0.3, -0.25) is 14.2 Å². The summed E-state index contributed by atoms with van der Waals surface area (Å²) in [5.74, 6) is 3.55. The van der Waals surface area contributed by atoms with Crippen molar-refractivity contribution in [3.8, 4) is 11.5 Å². The standard InChI is InChI=1S/C29H44N4O2SSi/c1-18(2)28(35)31-23-10-12-24(13-11-23)33-26(34)16-22(25-17-30-29(36-9)32-27(25)33)14-15-37(19(3)4,20(5)6)21(7)8/h16-21,23-24H,10-13H2,1-9H3,(H,31,35). The van der Waals surface area contributed by atoms with Gasteiger partial charge in [0.15, 0.2) is 5.16 Å². The topological polar surface area (TPSA) is 76.9 Å². The van der Waals surface area contributed by atoms with E-state index in [1.807, 2.05) is 30.9 Å². The number of nitrogens with one attached hydrogen (secondary N) is 1. The third kappa shape index (κ3) is 6.14. The Morgan fingerprint density at radius 3 is 2.16 bits per heavy atom. The molecule has 0 saturated heterocycles. The summed E-state index contributed by atoms with van der Waals surface area (Å²) in [5, 5.41) is 4.66. The van der Waals surface area contributed by atoms with Crippen LogP contribution in [0.4, 0.5) is 0 Å². The van der Waals surface area contributed by atoms with Crippen molar-refractivity contribution in [1.82, 2.24) is 19.9 Å². The van der Waals surface area contributed by atoms with Crippen molar-refractivity contribution in [3.05, 3.63) is 28.2 Å². The molecule has 0 aliphatic heterocycles. The number of fused-ring (bicyclic) bond motifs is 1. The van der Waals surface area contributed by atoms with E-state index in [1.165, 1.54) is 11.8 Å². The monoisotopic (exact) mass is 540 g/mol. The van der Waals surface area contributed by atoms with Crippen LogP contribution in [0, 0.1) is 17.4 Å². The largest absolute Gasteiger partial charge is 0.353 e. The fourth-order valence-electron chi connectivity index (χ4n) is 6.12. The molecule has 202 valence electrons. The molecule has 1 N–H and O–H groups in total. The summed E-state index contributed by atoms with van der Waals surface area (Å²) in [4.78, 5) is 35.1. The fraction of sp³-hybridized carbons (Fsp3) is 0.655. The maximum atomic E-state index is 13.6. The van der Waals surface area contributed by atoms with Gasteiger partial charge in [0.05, 0.1) is 5.39 Å². The lowest BCUT2D eigenvalue weighted by atomic mass is 9.90. The summed E-state index contributed by atoms with van der Waals surface area (Å²) in [5.41, 5.74) is 6.66. The molecule has 0 atom stereocenters. The van der Waals surface area contributed by atoms with Gasteiger partial charge in [-0.2, -0.15) is 0 Å². The van der Waals surface area contributed by atoms with Crippen molar-refractivity contribution in [2.24, 2.45) is 5.92 Å². The van der Waals surface area contributed by atoms with Gasteiger partial charge in [0.2, 0.25) is 5.91 Å². The van der Waals surface area contributed by atoms with Crippen molar-refractivity contribution in [1.29, 1.82) is 0 Å². The lowest BCUT2D eigenvalue weighted by molar-refractivity contribution is -0.125. The molecule has 3 rings (SSSR count). The van der Waals surface area contributed by atoms with Gasteiger partial charge in [0.25, 0.3) is 5.56 Å². The molecule has 6 nitrogen and oxygen atoms in total. The first-order chi connectivity index (χ1) is 17.4. The van der Waals surface area contributed by atoms with E-state index in [0.29, 0.717) is 27.4 Å². The van der Waals surface area contributed by atoms with Crippen LogP contribution in [0.3, 0.4) is 0 Å². The molecule has 0 radical (unpaired) electrons. The van der Waals surface area contributed by atoms with Crippen LogP contribution >= 0.6 is 11.8 Å². The van der Waals surface area contributed by atoms with Gasteiger partial charge in [-0.15, -0.1) is 5.54 Å². The Kier molecular flexibility index (Phi) is 9.68. The molecule has 1 aliphatic carbocycles. The number of nitrogens with zero attached hydrogens (tertiary/aromatic N) is 3. The van der Waals surface area contributed by atoms with Gasteiger partial charge in [0.1, 0.15) is 13.7 Å². The zero-order valence-corrected chi connectivity index (χ0v) is 25.8. The molecule has 0 unspecified atom stereocenters. The number of pyridine rings is 1. The molecule has 1 aliphatic rings. The van der Waals surface area contributed by atoms with Crippen molar-refractivity contribution >= 4 is 36.8 Å². The average molecular weight is 541 g/mol. The number of hydrogen-bond donors (Lipinski definition) is 1.